The summed E-state index contributed by atoms with van der Waals surface area (Å²) < 4.78 is 0. The predicted molar refractivity (Wildman–Crippen MR) is 90.3 cm³/mol. The van der Waals surface area contributed by atoms with Gasteiger partial charge in [-0.1, -0.05) is 18.2 Å². The zero-order valence-electron chi connectivity index (χ0n) is 12.1. The average Bonchev–Trinajstić information content (AvgIpc) is 2.61. The van der Waals surface area contributed by atoms with Gasteiger partial charge in [-0.05, 0) is 36.8 Å². The van der Waals surface area contributed by atoms with E-state index in [0.717, 1.165) is 24.4 Å². The van der Waals surface area contributed by atoms with Crippen LogP contribution in [0.3, 0.4) is 0 Å². The Balaban J connectivity index is 1.72. The second-order valence-corrected chi connectivity index (χ2v) is 6.62. The molecule has 2 aliphatic heterocycles. The monoisotopic (exact) mass is 305 g/mol. The highest BCUT2D eigenvalue weighted by atomic mass is 32.2. The molecular weight excluding hydrogens is 290 g/mol. The SMILES string of the molecule is N#Cc1ccc(N2CCC3CSc4ccccc4C3=N2)cc1. The van der Waals surface area contributed by atoms with Gasteiger partial charge >= 0.3 is 0 Å². The molecule has 2 heterocycles. The van der Waals surface area contributed by atoms with E-state index in [0.29, 0.717) is 11.5 Å². The minimum atomic E-state index is 0.550. The van der Waals surface area contributed by atoms with Crippen molar-refractivity contribution < 1.29 is 0 Å². The first kappa shape index (κ1) is 13.4. The van der Waals surface area contributed by atoms with E-state index in [1.807, 2.05) is 36.0 Å². The molecule has 22 heavy (non-hydrogen) atoms. The molecule has 0 N–H and O–H groups in total. The molecule has 0 aromatic heterocycles. The van der Waals surface area contributed by atoms with Gasteiger partial charge in [0.25, 0.3) is 0 Å². The van der Waals surface area contributed by atoms with Crippen LogP contribution < -0.4 is 5.01 Å². The molecule has 0 radical (unpaired) electrons. The Morgan fingerprint density at radius 1 is 1.14 bits per heavy atom. The van der Waals surface area contributed by atoms with Gasteiger partial charge in [-0.25, -0.2) is 0 Å². The average molecular weight is 305 g/mol. The fraction of sp³-hybridized carbons (Fsp3) is 0.222. The Hall–Kier alpha value is -2.25. The molecular formula is C18H15N3S. The molecule has 0 fully saturated rings. The number of nitriles is 1. The summed E-state index contributed by atoms with van der Waals surface area (Å²) in [5.41, 5.74) is 4.23. The number of fused-ring (bicyclic) bond motifs is 3. The summed E-state index contributed by atoms with van der Waals surface area (Å²) in [6, 6.07) is 18.4. The normalized spacial score (nSPS) is 19.7. The molecule has 2 aromatic rings. The molecule has 2 aliphatic rings. The van der Waals surface area contributed by atoms with E-state index < -0.39 is 0 Å². The number of thioether (sulfide) groups is 1. The predicted octanol–water partition coefficient (Wildman–Crippen LogP) is 3.89. The highest BCUT2D eigenvalue weighted by Crippen LogP contribution is 2.37. The number of nitrogens with zero attached hydrogens (tertiary/aromatic N) is 3. The molecule has 108 valence electrons. The summed E-state index contributed by atoms with van der Waals surface area (Å²) in [6.07, 6.45) is 1.13. The Morgan fingerprint density at radius 3 is 2.77 bits per heavy atom. The number of hydrogen-bond acceptors (Lipinski definition) is 4. The molecule has 1 unspecified atom stereocenters. The Morgan fingerprint density at radius 2 is 1.95 bits per heavy atom. The van der Waals surface area contributed by atoms with Gasteiger partial charge in [-0.2, -0.15) is 10.4 Å². The molecule has 0 aliphatic carbocycles. The van der Waals surface area contributed by atoms with E-state index >= 15 is 0 Å². The first-order valence-electron chi connectivity index (χ1n) is 7.43. The second-order valence-electron chi connectivity index (χ2n) is 5.56. The molecule has 4 rings (SSSR count). The fourth-order valence-electron chi connectivity index (χ4n) is 3.00. The van der Waals surface area contributed by atoms with E-state index in [-0.39, 0.29) is 0 Å². The molecule has 0 saturated carbocycles. The van der Waals surface area contributed by atoms with Crippen molar-refractivity contribution in [2.45, 2.75) is 11.3 Å². The summed E-state index contributed by atoms with van der Waals surface area (Å²) >= 11 is 1.94. The van der Waals surface area contributed by atoms with Crippen molar-refractivity contribution in [3.8, 4) is 6.07 Å². The van der Waals surface area contributed by atoms with Gasteiger partial charge in [0, 0.05) is 28.7 Å². The van der Waals surface area contributed by atoms with Crippen LogP contribution in [0.2, 0.25) is 0 Å². The number of rotatable bonds is 1. The van der Waals surface area contributed by atoms with Crippen molar-refractivity contribution in [2.75, 3.05) is 17.3 Å². The lowest BCUT2D eigenvalue weighted by Gasteiger charge is -2.34. The van der Waals surface area contributed by atoms with E-state index in [2.05, 4.69) is 35.3 Å². The largest absolute Gasteiger partial charge is 0.265 e. The summed E-state index contributed by atoms with van der Waals surface area (Å²) in [4.78, 5) is 1.33. The molecule has 0 amide bonds. The maximum absolute atomic E-state index is 8.91. The van der Waals surface area contributed by atoms with Crippen molar-refractivity contribution in [3.05, 3.63) is 59.7 Å². The number of benzene rings is 2. The Kier molecular flexibility index (Phi) is 3.36. The summed E-state index contributed by atoms with van der Waals surface area (Å²) in [5, 5.41) is 15.9. The van der Waals surface area contributed by atoms with Crippen molar-refractivity contribution >= 4 is 23.2 Å². The molecule has 2 aromatic carbocycles. The van der Waals surface area contributed by atoms with E-state index in [9.17, 15) is 0 Å². The van der Waals surface area contributed by atoms with Gasteiger partial charge in [0.2, 0.25) is 0 Å². The van der Waals surface area contributed by atoms with Crippen LogP contribution in [0.4, 0.5) is 5.69 Å². The molecule has 3 nitrogen and oxygen atoms in total. The molecule has 0 saturated heterocycles. The minimum absolute atomic E-state index is 0.550. The van der Waals surface area contributed by atoms with Crippen LogP contribution in [0.5, 0.6) is 0 Å². The van der Waals surface area contributed by atoms with Gasteiger partial charge in [0.15, 0.2) is 0 Å². The van der Waals surface area contributed by atoms with Crippen LogP contribution in [-0.4, -0.2) is 18.0 Å². The molecule has 0 bridgehead atoms. The van der Waals surface area contributed by atoms with Crippen molar-refractivity contribution in [2.24, 2.45) is 11.0 Å². The maximum atomic E-state index is 8.91. The summed E-state index contributed by atoms with van der Waals surface area (Å²) in [7, 11) is 0. The van der Waals surface area contributed by atoms with Crippen LogP contribution in [0, 0.1) is 17.2 Å². The van der Waals surface area contributed by atoms with E-state index in [4.69, 9.17) is 10.4 Å². The van der Waals surface area contributed by atoms with Gasteiger partial charge in [-0.3, -0.25) is 5.01 Å². The van der Waals surface area contributed by atoms with E-state index in [1.165, 1.54) is 16.2 Å². The van der Waals surface area contributed by atoms with Gasteiger partial charge in [0.05, 0.1) is 23.0 Å². The molecule has 0 spiro atoms. The quantitative estimate of drug-likeness (QED) is 0.802. The third kappa shape index (κ3) is 2.28. The van der Waals surface area contributed by atoms with Crippen molar-refractivity contribution in [1.29, 1.82) is 5.26 Å². The number of anilines is 1. The van der Waals surface area contributed by atoms with Crippen molar-refractivity contribution in [1.82, 2.24) is 0 Å². The third-order valence-electron chi connectivity index (χ3n) is 4.20. The Bertz CT molecular complexity index is 774. The van der Waals surface area contributed by atoms with Crippen LogP contribution in [0.15, 0.2) is 58.5 Å². The van der Waals surface area contributed by atoms with Gasteiger partial charge < -0.3 is 0 Å². The lowest BCUT2D eigenvalue weighted by Crippen LogP contribution is -2.35. The van der Waals surface area contributed by atoms with Crippen molar-refractivity contribution in [3.63, 3.8) is 0 Å². The van der Waals surface area contributed by atoms with Crippen LogP contribution in [0.1, 0.15) is 17.5 Å². The Labute approximate surface area is 134 Å². The standard InChI is InChI=1S/C18H15N3S/c19-11-13-5-7-15(8-6-13)21-10-9-14-12-22-17-4-2-1-3-16(17)18(14)20-21/h1-8,14H,9-10,12H2. The summed E-state index contributed by atoms with van der Waals surface area (Å²) in [5.74, 6) is 1.67. The maximum Gasteiger partial charge on any atom is 0.0991 e. The lowest BCUT2D eigenvalue weighted by molar-refractivity contribution is 0.624. The molecule has 1 atom stereocenters. The number of hydrogen-bond donors (Lipinski definition) is 0. The topological polar surface area (TPSA) is 39.4 Å². The highest BCUT2D eigenvalue weighted by molar-refractivity contribution is 7.99. The third-order valence-corrected chi connectivity index (χ3v) is 5.44. The first-order chi connectivity index (χ1) is 10.8. The smallest absolute Gasteiger partial charge is 0.0991 e. The fourth-order valence-corrected chi connectivity index (χ4v) is 4.21. The van der Waals surface area contributed by atoms with E-state index in [1.54, 1.807) is 0 Å². The highest BCUT2D eigenvalue weighted by Gasteiger charge is 2.30. The summed E-state index contributed by atoms with van der Waals surface area (Å²) in [6.45, 7) is 0.933. The zero-order valence-corrected chi connectivity index (χ0v) is 12.9. The number of hydrazone groups is 1. The first-order valence-corrected chi connectivity index (χ1v) is 8.42. The van der Waals surface area contributed by atoms with Crippen LogP contribution in [0.25, 0.3) is 0 Å². The molecule has 4 heteroatoms. The second kappa shape index (κ2) is 5.51. The minimum Gasteiger partial charge on any atom is -0.265 e. The lowest BCUT2D eigenvalue weighted by atomic mass is 9.93. The van der Waals surface area contributed by atoms with Crippen LogP contribution in [-0.2, 0) is 0 Å². The van der Waals surface area contributed by atoms with Crippen LogP contribution >= 0.6 is 11.8 Å². The van der Waals surface area contributed by atoms with Gasteiger partial charge in [-0.15, -0.1) is 11.8 Å². The van der Waals surface area contributed by atoms with Gasteiger partial charge in [0.1, 0.15) is 0 Å². The zero-order chi connectivity index (χ0) is 14.9.